The van der Waals surface area contributed by atoms with Crippen molar-refractivity contribution in [3.8, 4) is 0 Å². The molecule has 154 valence electrons. The fraction of sp³-hybridized carbons (Fsp3) is 0.571. The first-order chi connectivity index (χ1) is 12.5. The Morgan fingerprint density at radius 2 is 1.37 bits per heavy atom. The molecule has 13 nitrogen and oxygen atoms in total. The molecule has 0 amide bonds. The van der Waals surface area contributed by atoms with Gasteiger partial charge in [-0.25, -0.2) is 5.32 Å². The molecule has 13 heteroatoms. The molecule has 0 fully saturated rings. The van der Waals surface area contributed by atoms with Crippen LogP contribution in [0.2, 0.25) is 0 Å². The van der Waals surface area contributed by atoms with E-state index in [4.69, 9.17) is 25.5 Å². The lowest BCUT2D eigenvalue weighted by atomic mass is 10.2. The van der Waals surface area contributed by atoms with Gasteiger partial charge in [0.2, 0.25) is 0 Å². The van der Waals surface area contributed by atoms with Gasteiger partial charge in [0.1, 0.15) is 6.54 Å². The Morgan fingerprint density at radius 3 is 1.67 bits per heavy atom. The molecule has 0 heterocycles. The van der Waals surface area contributed by atoms with Gasteiger partial charge in [0.15, 0.2) is 0 Å². The van der Waals surface area contributed by atoms with Crippen LogP contribution in [0.5, 0.6) is 0 Å². The van der Waals surface area contributed by atoms with Gasteiger partial charge in [-0.1, -0.05) is 0 Å². The van der Waals surface area contributed by atoms with Crippen LogP contribution in [0.15, 0.2) is 0 Å². The van der Waals surface area contributed by atoms with Crippen LogP contribution in [0, 0.1) is 6.92 Å². The third-order valence-electron chi connectivity index (χ3n) is 2.64. The lowest BCUT2D eigenvalue weighted by Crippen LogP contribution is -2.51. The van der Waals surface area contributed by atoms with Crippen LogP contribution < -0.4 is 10.6 Å². The van der Waals surface area contributed by atoms with Gasteiger partial charge < -0.3 is 25.5 Å². The van der Waals surface area contributed by atoms with E-state index in [1.807, 2.05) is 0 Å². The van der Waals surface area contributed by atoms with E-state index < -0.39 is 55.6 Å². The summed E-state index contributed by atoms with van der Waals surface area (Å²) in [6.07, 6.45) is -1.45. The fourth-order valence-corrected chi connectivity index (χ4v) is 1.68. The van der Waals surface area contributed by atoms with E-state index in [1.165, 1.54) is 0 Å². The normalized spacial score (nSPS) is 11.2. The highest BCUT2D eigenvalue weighted by Gasteiger charge is 2.24. The largest absolute Gasteiger partial charge is 0.481 e. The summed E-state index contributed by atoms with van der Waals surface area (Å²) in [6, 6.07) is 0. The molecule has 6 N–H and O–H groups in total. The van der Waals surface area contributed by atoms with E-state index in [1.54, 1.807) is 0 Å². The molecule has 0 aliphatic carbocycles. The number of aliphatic carboxylic acids is 5. The number of rotatable bonds is 14. The van der Waals surface area contributed by atoms with Crippen LogP contribution in [0.4, 0.5) is 0 Å². The van der Waals surface area contributed by atoms with Crippen molar-refractivity contribution in [1.82, 2.24) is 15.5 Å². The SMILES string of the molecule is O=C(O)CCC(NCC(=O)O)N(CC(=O)O)CC(=O)O.[CH2]C[N]CC(=O)O. The van der Waals surface area contributed by atoms with E-state index in [0.29, 0.717) is 6.54 Å². The summed E-state index contributed by atoms with van der Waals surface area (Å²) >= 11 is 0. The summed E-state index contributed by atoms with van der Waals surface area (Å²) < 4.78 is 0. The minimum absolute atomic E-state index is 0.122. The van der Waals surface area contributed by atoms with Crippen molar-refractivity contribution in [2.24, 2.45) is 0 Å². The van der Waals surface area contributed by atoms with Crippen molar-refractivity contribution in [3.63, 3.8) is 0 Å². The summed E-state index contributed by atoms with van der Waals surface area (Å²) in [4.78, 5) is 52.9. The maximum atomic E-state index is 10.7. The van der Waals surface area contributed by atoms with Gasteiger partial charge in [-0.2, -0.15) is 0 Å². The summed E-state index contributed by atoms with van der Waals surface area (Å²) in [7, 11) is 0. The van der Waals surface area contributed by atoms with Crippen LogP contribution in [0.25, 0.3) is 0 Å². The minimum atomic E-state index is -1.30. The van der Waals surface area contributed by atoms with Gasteiger partial charge in [0.05, 0.1) is 25.8 Å². The van der Waals surface area contributed by atoms with Gasteiger partial charge >= 0.3 is 29.8 Å². The molecule has 1 atom stereocenters. The Balaban J connectivity index is 0. The predicted molar refractivity (Wildman–Crippen MR) is 88.0 cm³/mol. The third-order valence-corrected chi connectivity index (χ3v) is 2.64. The maximum Gasteiger partial charge on any atom is 0.319 e. The molecular formula is C14H23N3O10. The summed E-state index contributed by atoms with van der Waals surface area (Å²) in [6.45, 7) is 1.70. The molecule has 0 aromatic rings. The molecule has 0 rings (SSSR count). The molecular weight excluding hydrogens is 370 g/mol. The number of carboxylic acid groups (broad SMARTS) is 5. The fourth-order valence-electron chi connectivity index (χ4n) is 1.68. The van der Waals surface area contributed by atoms with Gasteiger partial charge in [-0.15, -0.1) is 0 Å². The lowest BCUT2D eigenvalue weighted by Gasteiger charge is -2.29. The third kappa shape index (κ3) is 19.4. The average Bonchev–Trinajstić information content (AvgIpc) is 2.51. The Morgan fingerprint density at radius 1 is 0.852 bits per heavy atom. The number of hydrogen-bond acceptors (Lipinski definition) is 7. The van der Waals surface area contributed by atoms with Crippen LogP contribution >= 0.6 is 0 Å². The van der Waals surface area contributed by atoms with Crippen molar-refractivity contribution in [1.29, 1.82) is 0 Å². The maximum absolute atomic E-state index is 10.7. The van der Waals surface area contributed by atoms with Gasteiger partial charge in [-0.3, -0.25) is 34.2 Å². The molecule has 1 unspecified atom stereocenters. The molecule has 0 bridgehead atoms. The Labute approximate surface area is 154 Å². The first kappa shape index (κ1) is 26.5. The first-order valence-corrected chi connectivity index (χ1v) is 7.48. The zero-order valence-corrected chi connectivity index (χ0v) is 14.4. The lowest BCUT2D eigenvalue weighted by molar-refractivity contribution is -0.143. The molecule has 27 heavy (non-hydrogen) atoms. The molecule has 0 spiro atoms. The van der Waals surface area contributed by atoms with E-state index in [-0.39, 0.29) is 19.4 Å². The molecule has 2 radical (unpaired) electrons. The summed E-state index contributed by atoms with van der Waals surface area (Å²) in [5, 5.41) is 48.4. The number of hydrogen-bond donors (Lipinski definition) is 6. The van der Waals surface area contributed by atoms with Gasteiger partial charge in [-0.05, 0) is 13.3 Å². The van der Waals surface area contributed by atoms with Crippen LogP contribution in [-0.4, -0.2) is 99.2 Å². The van der Waals surface area contributed by atoms with Gasteiger partial charge in [0.25, 0.3) is 0 Å². The van der Waals surface area contributed by atoms with E-state index in [0.717, 1.165) is 4.90 Å². The van der Waals surface area contributed by atoms with Crippen molar-refractivity contribution in [2.75, 3.05) is 32.7 Å². The second-order valence-corrected chi connectivity index (χ2v) is 4.91. The number of carbonyl (C=O) groups is 5. The molecule has 0 aliphatic rings. The quantitative estimate of drug-likeness (QED) is 0.174. The van der Waals surface area contributed by atoms with Gasteiger partial charge in [0, 0.05) is 13.0 Å². The van der Waals surface area contributed by atoms with Crippen molar-refractivity contribution >= 4 is 29.8 Å². The zero-order chi connectivity index (χ0) is 21.4. The van der Waals surface area contributed by atoms with Crippen LogP contribution in [0.3, 0.4) is 0 Å². The Hall–Kier alpha value is -2.77. The monoisotopic (exact) mass is 393 g/mol. The Bertz CT molecular complexity index is 477. The van der Waals surface area contributed by atoms with Crippen molar-refractivity contribution in [3.05, 3.63) is 6.92 Å². The highest BCUT2D eigenvalue weighted by Crippen LogP contribution is 2.05. The van der Waals surface area contributed by atoms with Crippen LogP contribution in [-0.2, 0) is 24.0 Å². The summed E-state index contributed by atoms with van der Waals surface area (Å²) in [5.74, 6) is -5.88. The zero-order valence-electron chi connectivity index (χ0n) is 14.4. The number of nitrogens with zero attached hydrogens (tertiary/aromatic N) is 2. The standard InChI is InChI=1S/C10H16N2O8.C4H7NO2/c13-7(14)2-1-6(11-3-8(15)16)12(4-9(17)18)5-10(19)20;1-2-5-3-4(6)7/h6,11H,1-5H2,(H,13,14)(H,15,16)(H,17,18)(H,19,20);1-3H2,(H,6,7). The van der Waals surface area contributed by atoms with E-state index >= 15 is 0 Å². The van der Waals surface area contributed by atoms with Crippen molar-refractivity contribution < 1.29 is 49.5 Å². The highest BCUT2D eigenvalue weighted by molar-refractivity contribution is 5.73. The molecule has 0 aromatic carbocycles. The van der Waals surface area contributed by atoms with E-state index in [9.17, 15) is 24.0 Å². The Kier molecular flexibility index (Phi) is 15.2. The second kappa shape index (κ2) is 15.5. The topological polar surface area (TPSA) is 216 Å². The molecule has 0 saturated carbocycles. The molecule has 0 aromatic heterocycles. The smallest absolute Gasteiger partial charge is 0.319 e. The predicted octanol–water partition coefficient (Wildman–Crippen LogP) is -2.17. The second-order valence-electron chi connectivity index (χ2n) is 4.91. The highest BCUT2D eigenvalue weighted by atomic mass is 16.4. The van der Waals surface area contributed by atoms with E-state index in [2.05, 4.69) is 17.6 Å². The van der Waals surface area contributed by atoms with Crippen molar-refractivity contribution in [2.45, 2.75) is 19.0 Å². The number of carboxylic acids is 5. The molecule has 0 aliphatic heterocycles. The first-order valence-electron chi connectivity index (χ1n) is 7.48. The summed E-state index contributed by atoms with van der Waals surface area (Å²) in [5.41, 5.74) is 0. The number of nitrogens with one attached hydrogen (secondary N) is 1. The minimum Gasteiger partial charge on any atom is -0.481 e. The van der Waals surface area contributed by atoms with Crippen LogP contribution in [0.1, 0.15) is 12.8 Å². The molecule has 0 saturated heterocycles. The average molecular weight is 393 g/mol.